The van der Waals surface area contributed by atoms with Crippen molar-refractivity contribution in [1.29, 1.82) is 0 Å². The molecule has 0 atom stereocenters. The third kappa shape index (κ3) is 9.84. The van der Waals surface area contributed by atoms with E-state index in [1.54, 1.807) is 0 Å². The molecule has 0 aromatic rings. The van der Waals surface area contributed by atoms with Crippen LogP contribution in [-0.2, 0) is 0 Å². The van der Waals surface area contributed by atoms with Gasteiger partial charge in [0.2, 0.25) is 0 Å². The van der Waals surface area contributed by atoms with Crippen LogP contribution < -0.4 is 10.6 Å². The maximum absolute atomic E-state index is 8.40. The maximum atomic E-state index is 8.40. The zero-order valence-electron chi connectivity index (χ0n) is 6.84. The van der Waals surface area contributed by atoms with E-state index in [1.807, 2.05) is 0 Å². The van der Waals surface area contributed by atoms with E-state index in [0.29, 0.717) is 13.1 Å². The van der Waals surface area contributed by atoms with Gasteiger partial charge in [0.25, 0.3) is 0 Å². The lowest BCUT2D eigenvalue weighted by atomic mass is 10.4. The summed E-state index contributed by atoms with van der Waals surface area (Å²) in [7, 11) is 0. The Balaban J connectivity index is 2.69. The van der Waals surface area contributed by atoms with Crippen LogP contribution in [0.4, 0.5) is 0 Å². The van der Waals surface area contributed by atoms with Gasteiger partial charge in [0.05, 0.1) is 13.2 Å². The van der Waals surface area contributed by atoms with Crippen LogP contribution in [0, 0.1) is 0 Å². The molecule has 0 aliphatic rings. The second-order valence-corrected chi connectivity index (χ2v) is 2.30. The molecule has 0 unspecified atom stereocenters. The average Bonchev–Trinajstić information content (AvgIpc) is 2.03. The Hall–Kier alpha value is -0.160. The van der Waals surface area contributed by atoms with Gasteiger partial charge in [-0.05, 0) is 19.5 Å². The number of nitrogens with one attached hydrogen (secondary N) is 2. The van der Waals surface area contributed by atoms with Crippen molar-refractivity contribution in [1.82, 2.24) is 10.6 Å². The standard InChI is InChI=1S/C7H18N2O2/c10-6-4-8-2-1-3-9-5-7-11/h8-11H,1-7H2. The second kappa shape index (κ2) is 9.84. The monoisotopic (exact) mass is 162 g/mol. The highest BCUT2D eigenvalue weighted by Crippen LogP contribution is 1.71. The van der Waals surface area contributed by atoms with Crippen LogP contribution in [-0.4, -0.2) is 49.6 Å². The molecule has 0 aliphatic carbocycles. The normalized spacial score (nSPS) is 10.4. The smallest absolute Gasteiger partial charge is 0.0555 e. The average molecular weight is 162 g/mol. The molecule has 68 valence electrons. The van der Waals surface area contributed by atoms with Crippen LogP contribution in [0.15, 0.2) is 0 Å². The first-order valence-corrected chi connectivity index (χ1v) is 4.05. The summed E-state index contributed by atoms with van der Waals surface area (Å²) in [5, 5.41) is 22.9. The van der Waals surface area contributed by atoms with Crippen molar-refractivity contribution in [3.05, 3.63) is 0 Å². The lowest BCUT2D eigenvalue weighted by Crippen LogP contribution is -2.25. The SMILES string of the molecule is OCCNCCCNCCO. The summed E-state index contributed by atoms with van der Waals surface area (Å²) in [5.74, 6) is 0. The minimum absolute atomic E-state index is 0.198. The Kier molecular flexibility index (Phi) is 9.70. The molecule has 0 rings (SSSR count). The molecule has 4 heteroatoms. The molecular formula is C7H18N2O2. The van der Waals surface area contributed by atoms with Crippen LogP contribution in [0.2, 0.25) is 0 Å². The van der Waals surface area contributed by atoms with Gasteiger partial charge in [-0.1, -0.05) is 0 Å². The van der Waals surface area contributed by atoms with Gasteiger partial charge in [-0.2, -0.15) is 0 Å². The quantitative estimate of drug-likeness (QED) is 0.329. The van der Waals surface area contributed by atoms with Gasteiger partial charge in [-0.15, -0.1) is 0 Å². The summed E-state index contributed by atoms with van der Waals surface area (Å²) < 4.78 is 0. The molecule has 0 bridgehead atoms. The third-order valence-electron chi connectivity index (χ3n) is 1.28. The van der Waals surface area contributed by atoms with E-state index < -0.39 is 0 Å². The first-order valence-electron chi connectivity index (χ1n) is 4.05. The fourth-order valence-corrected chi connectivity index (χ4v) is 0.747. The molecule has 0 aliphatic heterocycles. The van der Waals surface area contributed by atoms with Gasteiger partial charge in [0, 0.05) is 13.1 Å². The highest BCUT2D eigenvalue weighted by molar-refractivity contribution is 4.50. The van der Waals surface area contributed by atoms with E-state index in [4.69, 9.17) is 10.2 Å². The van der Waals surface area contributed by atoms with Gasteiger partial charge < -0.3 is 20.8 Å². The molecule has 4 N–H and O–H groups in total. The van der Waals surface area contributed by atoms with Crippen LogP contribution in [0.1, 0.15) is 6.42 Å². The molecule has 0 aromatic carbocycles. The zero-order chi connectivity index (χ0) is 8.36. The van der Waals surface area contributed by atoms with Gasteiger partial charge >= 0.3 is 0 Å². The summed E-state index contributed by atoms with van der Waals surface area (Å²) in [6, 6.07) is 0. The molecule has 0 heterocycles. The number of rotatable bonds is 8. The van der Waals surface area contributed by atoms with Crippen LogP contribution in [0.5, 0.6) is 0 Å². The molecule has 11 heavy (non-hydrogen) atoms. The van der Waals surface area contributed by atoms with Crippen molar-refractivity contribution in [2.24, 2.45) is 0 Å². The number of hydrogen-bond acceptors (Lipinski definition) is 4. The summed E-state index contributed by atoms with van der Waals surface area (Å²) >= 11 is 0. The van der Waals surface area contributed by atoms with E-state index in [0.717, 1.165) is 19.5 Å². The molecule has 0 radical (unpaired) electrons. The summed E-state index contributed by atoms with van der Waals surface area (Å²) in [6.07, 6.45) is 1.03. The number of hydrogen-bond donors (Lipinski definition) is 4. The Bertz CT molecular complexity index is 63.5. The minimum atomic E-state index is 0.198. The van der Waals surface area contributed by atoms with Crippen molar-refractivity contribution in [3.63, 3.8) is 0 Å². The van der Waals surface area contributed by atoms with Crippen molar-refractivity contribution < 1.29 is 10.2 Å². The van der Waals surface area contributed by atoms with Crippen molar-refractivity contribution in [2.45, 2.75) is 6.42 Å². The Morgan fingerprint density at radius 3 is 1.55 bits per heavy atom. The molecule has 0 fully saturated rings. The zero-order valence-corrected chi connectivity index (χ0v) is 6.84. The van der Waals surface area contributed by atoms with Crippen molar-refractivity contribution in [2.75, 3.05) is 39.4 Å². The van der Waals surface area contributed by atoms with Gasteiger partial charge in [0.15, 0.2) is 0 Å². The molecule has 0 spiro atoms. The topological polar surface area (TPSA) is 64.5 Å². The molecule has 0 amide bonds. The summed E-state index contributed by atoms with van der Waals surface area (Å²) in [5.41, 5.74) is 0. The predicted molar refractivity (Wildman–Crippen MR) is 44.5 cm³/mol. The van der Waals surface area contributed by atoms with E-state index >= 15 is 0 Å². The van der Waals surface area contributed by atoms with Gasteiger partial charge in [-0.3, -0.25) is 0 Å². The van der Waals surface area contributed by atoms with Crippen molar-refractivity contribution in [3.8, 4) is 0 Å². The first kappa shape index (κ1) is 10.8. The summed E-state index contributed by atoms with van der Waals surface area (Å²) in [4.78, 5) is 0. The molecular weight excluding hydrogens is 144 g/mol. The first-order chi connectivity index (χ1) is 5.41. The van der Waals surface area contributed by atoms with Crippen LogP contribution in [0.3, 0.4) is 0 Å². The number of aliphatic hydroxyl groups excluding tert-OH is 2. The van der Waals surface area contributed by atoms with Crippen molar-refractivity contribution >= 4 is 0 Å². The summed E-state index contributed by atoms with van der Waals surface area (Å²) in [6.45, 7) is 3.56. The van der Waals surface area contributed by atoms with Crippen LogP contribution in [0.25, 0.3) is 0 Å². The third-order valence-corrected chi connectivity index (χ3v) is 1.28. The van der Waals surface area contributed by atoms with E-state index in [2.05, 4.69) is 10.6 Å². The molecule has 0 saturated heterocycles. The van der Waals surface area contributed by atoms with E-state index in [-0.39, 0.29) is 13.2 Å². The molecule has 0 aromatic heterocycles. The van der Waals surface area contributed by atoms with Crippen LogP contribution >= 0.6 is 0 Å². The fraction of sp³-hybridized carbons (Fsp3) is 1.00. The Morgan fingerprint density at radius 2 is 1.18 bits per heavy atom. The van der Waals surface area contributed by atoms with Gasteiger partial charge in [-0.25, -0.2) is 0 Å². The lowest BCUT2D eigenvalue weighted by molar-refractivity contribution is 0.288. The van der Waals surface area contributed by atoms with E-state index in [1.165, 1.54) is 0 Å². The van der Waals surface area contributed by atoms with Gasteiger partial charge in [0.1, 0.15) is 0 Å². The predicted octanol–water partition coefficient (Wildman–Crippen LogP) is -1.46. The molecule has 0 saturated carbocycles. The van der Waals surface area contributed by atoms with E-state index in [9.17, 15) is 0 Å². The largest absolute Gasteiger partial charge is 0.395 e. The highest BCUT2D eigenvalue weighted by atomic mass is 16.3. The Morgan fingerprint density at radius 1 is 0.727 bits per heavy atom. The fourth-order valence-electron chi connectivity index (χ4n) is 0.747. The second-order valence-electron chi connectivity index (χ2n) is 2.30. The highest BCUT2D eigenvalue weighted by Gasteiger charge is 1.86. The maximum Gasteiger partial charge on any atom is 0.0555 e. The minimum Gasteiger partial charge on any atom is -0.395 e. The Labute approximate surface area is 67.6 Å². The lowest BCUT2D eigenvalue weighted by Gasteiger charge is -2.03. The molecule has 4 nitrogen and oxygen atoms in total. The number of aliphatic hydroxyl groups is 2.